The first kappa shape index (κ1) is 81.7. The number of nitrogens with one attached hydrogen (secondary N) is 1. The molecule has 100 heavy (non-hydrogen) atoms. The molecule has 32 heteroatoms. The number of aliphatic hydroxyl groups excluding tert-OH is 3. The summed E-state index contributed by atoms with van der Waals surface area (Å²) in [5, 5.41) is 66.8. The number of alkyl halides is 1. The van der Waals surface area contributed by atoms with Gasteiger partial charge in [-0.3, -0.25) is 19.2 Å². The second-order valence-corrected chi connectivity index (χ2v) is 27.0. The summed E-state index contributed by atoms with van der Waals surface area (Å²) in [6.45, 7) is 12.5. The molecule has 0 bridgehead atoms. The molecule has 1 aliphatic heterocycles. The number of fused-ring (bicyclic) bond motifs is 8. The van der Waals surface area contributed by atoms with E-state index in [0.717, 1.165) is 29.4 Å². The molecule has 1 saturated heterocycles. The maximum atomic E-state index is 17.1. The first-order chi connectivity index (χ1) is 46.6. The molecular formula is C68H80AuFN8NaO20S+. The molecule has 4 fully saturated rings. The number of aliphatic carboxylic acids is 2. The van der Waals surface area contributed by atoms with Crippen LogP contribution in [-0.2, 0) is 86.8 Å². The van der Waals surface area contributed by atoms with Gasteiger partial charge in [0.2, 0.25) is 6.33 Å². The molecule has 28 nitrogen and oxygen atoms in total. The fourth-order valence-corrected chi connectivity index (χ4v) is 15.5. The number of aromatic nitrogens is 6. The molecule has 11 rings (SSSR count). The second-order valence-electron chi connectivity index (χ2n) is 25.5. The van der Waals surface area contributed by atoms with Crippen molar-refractivity contribution in [2.24, 2.45) is 35.6 Å². The Balaban J connectivity index is 0.000000206. The van der Waals surface area contributed by atoms with Crippen molar-refractivity contribution in [3.05, 3.63) is 155 Å². The third-order valence-electron chi connectivity index (χ3n) is 18.4. The molecule has 4 heterocycles. The van der Waals surface area contributed by atoms with Crippen LogP contribution in [0.25, 0.3) is 11.2 Å². The number of ketones is 2. The van der Waals surface area contributed by atoms with Crippen LogP contribution < -0.4 is 34.3 Å². The standard InChI is InChI=1S/C24H31FO6.C22H29NO2.C9H7N7O2S.C9H8O4.C4H5O6.Au.Na/c1-20(2)30-19-10-16-15-6-5-13-9-14(27)7-8-21(13,3)23(15,25)17(28)11-22(16,4)24(19,31-20)18(29)12-26;1-5-21(24)25-22(18(2)17-23(3)4,20-14-10-7-11-15-20)16-19-12-8-6-9-13-19;1-15-4-14-7(16(17)18)9(15)19-8-5-6(11-2-10-5)12-3-13-8;1-6(10)13-8-5-3-2-4-7(8)9(11)12;5-1(3(7)8)2(6)4(9)10;;/h7-9,15-17,19,26,28H,5-6,10-12H2,1-4H3;6-15,18H,5,16-17H2,1-4H3;2-4H,1H3,(H,10,11,12,13);2-5H,1H3,(H,11,12);1-2,5H,(H,7,8)(H,9,10);;/q;;;;-1;2*+1/t15-,16-,17-,19+,21-,22-,23-,24+;18-,22+;;;;;/m01...../s1. The van der Waals surface area contributed by atoms with Gasteiger partial charge in [0.15, 0.2) is 39.3 Å². The van der Waals surface area contributed by atoms with Crippen LogP contribution in [0.4, 0.5) is 10.2 Å². The van der Waals surface area contributed by atoms with Gasteiger partial charge in [-0.25, -0.2) is 24.1 Å². The number of nitro groups is 1. The number of aromatic amines is 1. The van der Waals surface area contributed by atoms with E-state index in [1.54, 1.807) is 50.6 Å². The van der Waals surface area contributed by atoms with Crippen molar-refractivity contribution in [2.75, 3.05) is 27.2 Å². The summed E-state index contributed by atoms with van der Waals surface area (Å²) in [5.74, 6) is -7.41. The molecule has 7 N–H and O–H groups in total. The van der Waals surface area contributed by atoms with Crippen LogP contribution in [0.1, 0.15) is 102 Å². The van der Waals surface area contributed by atoms with E-state index in [1.165, 1.54) is 77.2 Å². The molecule has 0 spiro atoms. The minimum Gasteiger partial charge on any atom is 1.00 e. The number of imidazole rings is 2. The Hall–Kier alpha value is -7.27. The van der Waals surface area contributed by atoms with Crippen LogP contribution in [0.15, 0.2) is 138 Å². The number of ether oxygens (including phenoxy) is 4. The number of esters is 2. The van der Waals surface area contributed by atoms with E-state index in [0.29, 0.717) is 53.3 Å². The Labute approximate surface area is 614 Å². The Morgan fingerprint density at radius 1 is 0.950 bits per heavy atom. The molecule has 6 aromatic rings. The summed E-state index contributed by atoms with van der Waals surface area (Å²) in [5.41, 5.74) is -1.98. The van der Waals surface area contributed by atoms with E-state index in [-0.39, 0.29) is 76.7 Å². The fraction of sp³-hybridized carbons (Fsp3) is 0.456. The first-order valence-corrected chi connectivity index (χ1v) is 33.0. The summed E-state index contributed by atoms with van der Waals surface area (Å²) in [6.07, 6.45) is 5.52. The average Bonchev–Trinajstić information content (AvgIpc) is 1.45. The van der Waals surface area contributed by atoms with Gasteiger partial charge in [0.05, 0.1) is 18.5 Å². The summed E-state index contributed by atoms with van der Waals surface area (Å²) >= 11 is 2.53. The number of rotatable bonds is 19. The number of carbonyl (C=O) groups is 7. The molecule has 5 aliphatic rings. The van der Waals surface area contributed by atoms with E-state index in [4.69, 9.17) is 34.6 Å². The van der Waals surface area contributed by atoms with Crippen LogP contribution in [0.3, 0.4) is 0 Å². The number of aliphatic hydroxyl groups is 3. The van der Waals surface area contributed by atoms with E-state index < -0.39 is 105 Å². The zero-order valence-electron chi connectivity index (χ0n) is 56.9. The van der Waals surface area contributed by atoms with Crippen molar-refractivity contribution >= 4 is 70.2 Å². The van der Waals surface area contributed by atoms with E-state index in [1.807, 2.05) is 50.2 Å². The molecule has 2 unspecified atom stereocenters. The smallest absolute Gasteiger partial charge is 1.00 e. The number of H-pyrrole nitrogens is 1. The number of Topliss-reactive ketones (excluding diaryl/α,β-unsaturated/α-hetero) is 1. The van der Waals surface area contributed by atoms with Gasteiger partial charge in [-0.1, -0.05) is 105 Å². The predicted molar refractivity (Wildman–Crippen MR) is 347 cm³/mol. The molecule has 0 amide bonds. The Morgan fingerprint density at radius 3 is 2.16 bits per heavy atom. The van der Waals surface area contributed by atoms with Crippen molar-refractivity contribution in [2.45, 2.75) is 144 Å². The molecule has 3 aromatic heterocycles. The summed E-state index contributed by atoms with van der Waals surface area (Å²) < 4.78 is 46.1. The number of hydrogen-bond acceptors (Lipinski definition) is 23. The topological polar surface area (TPSA) is 406 Å². The normalized spacial score (nSPS) is 24.9. The number of aryl methyl sites for hydroxylation is 1. The molecule has 3 aromatic carbocycles. The quantitative estimate of drug-likeness (QED) is 0.0146. The van der Waals surface area contributed by atoms with Gasteiger partial charge >= 0.3 is 127 Å². The fourth-order valence-electron chi connectivity index (χ4n) is 14.1. The Bertz CT molecular complexity index is 4000. The first-order valence-electron chi connectivity index (χ1n) is 31.3. The zero-order chi connectivity index (χ0) is 73.2. The minimum atomic E-state index is -2.04. The maximum Gasteiger partial charge on any atom is 1.00 e. The van der Waals surface area contributed by atoms with Crippen LogP contribution in [0, 0.1) is 38.7 Å². The number of carboxylic acids is 3. The van der Waals surface area contributed by atoms with Gasteiger partial charge in [-0.15, -0.1) is 0 Å². The Morgan fingerprint density at radius 2 is 1.59 bits per heavy atom. The van der Waals surface area contributed by atoms with Crippen molar-refractivity contribution in [1.82, 2.24) is 34.4 Å². The predicted octanol–water partition coefficient (Wildman–Crippen LogP) is 4.52. The number of nitrogens with zero attached hydrogens (tertiary/aromatic N) is 7. The number of benzene rings is 3. The van der Waals surface area contributed by atoms with E-state index in [9.17, 15) is 53.9 Å². The third kappa shape index (κ3) is 17.3. The summed E-state index contributed by atoms with van der Waals surface area (Å²) in [6, 6.07) is 26.4. The third-order valence-corrected chi connectivity index (χ3v) is 20.2. The van der Waals surface area contributed by atoms with Gasteiger partial charge in [-0.2, -0.15) is 0 Å². The Kier molecular flexibility index (Phi) is 27.9. The minimum absolute atomic E-state index is 0. The SMILES string of the molecule is CC(=O)Oc1ccccc1C(=O)O.CC1(C)O[C@@H]2C[C@H]3[C@@H]4CCC5=CC(=O)C=C[C@]5(C)[C@@]4(F)[C@@H](O)C[C@]3(C)[C@]2(C(=O)CO)O1.CCC(=O)O[C@](Cc1ccccc1)(c1ccccc1)[C@H](C)CN(C)C.Cn1cnc([N+](=O)[O-])c1Sc1ncnc2nc[nH]c12.O=C(O)C(O)C([O][Au])C(=O)O.[Na+]. The molecule has 3 saturated carbocycles. The largest absolute Gasteiger partial charge is 1.00 e. The van der Waals surface area contributed by atoms with E-state index in [2.05, 4.69) is 83.1 Å². The number of carbonyl (C=O) groups excluding carboxylic acids is 4. The number of para-hydroxylation sites is 1. The van der Waals surface area contributed by atoms with Crippen LogP contribution >= 0.6 is 11.8 Å². The number of aromatic carboxylic acids is 1. The van der Waals surface area contributed by atoms with Crippen molar-refractivity contribution in [1.29, 1.82) is 0 Å². The monoisotopic (exact) mass is 1600 g/mol. The zero-order valence-corrected chi connectivity index (χ0v) is 61.8. The van der Waals surface area contributed by atoms with Gasteiger partial charge in [0.25, 0.3) is 0 Å². The molecular weight excluding hydrogens is 1520 g/mol. The number of allylic oxidation sites excluding steroid dienone is 4. The number of hydrogen-bond donors (Lipinski definition) is 7. The molecule has 0 radical (unpaired) electrons. The van der Waals surface area contributed by atoms with Crippen molar-refractivity contribution in [3.63, 3.8) is 0 Å². The molecule has 536 valence electrons. The van der Waals surface area contributed by atoms with Crippen molar-refractivity contribution < 1.29 is 147 Å². The maximum absolute atomic E-state index is 17.1. The van der Waals surface area contributed by atoms with Crippen LogP contribution in [0.5, 0.6) is 5.75 Å². The molecule has 12 atom stereocenters. The number of carboxylic acid groups (broad SMARTS) is 3. The van der Waals surface area contributed by atoms with Gasteiger partial charge in [0, 0.05) is 56.0 Å². The van der Waals surface area contributed by atoms with E-state index >= 15 is 4.39 Å². The summed E-state index contributed by atoms with van der Waals surface area (Å²) in [7, 11) is 5.79. The summed E-state index contributed by atoms with van der Waals surface area (Å²) in [4.78, 5) is 110. The second kappa shape index (κ2) is 34.1. The van der Waals surface area contributed by atoms with Crippen molar-refractivity contribution in [3.8, 4) is 5.75 Å². The van der Waals surface area contributed by atoms with Crippen LogP contribution in [-0.4, -0.2) is 180 Å². The van der Waals surface area contributed by atoms with Gasteiger partial charge < -0.3 is 58.8 Å². The average molecular weight is 1600 g/mol. The van der Waals surface area contributed by atoms with Gasteiger partial charge in [-0.05, 0) is 124 Å². The molecule has 4 aliphatic carbocycles. The van der Waals surface area contributed by atoms with Gasteiger partial charge in [0.1, 0.15) is 40.4 Å². The van der Waals surface area contributed by atoms with Crippen LogP contribution in [0.2, 0.25) is 0 Å². The number of halogens is 1.